The Labute approximate surface area is 101 Å². The molecule has 0 saturated heterocycles. The van der Waals surface area contributed by atoms with E-state index < -0.39 is 0 Å². The van der Waals surface area contributed by atoms with E-state index in [9.17, 15) is 4.79 Å². The van der Waals surface area contributed by atoms with Gasteiger partial charge < -0.3 is 9.47 Å². The predicted molar refractivity (Wildman–Crippen MR) is 64.1 cm³/mol. The summed E-state index contributed by atoms with van der Waals surface area (Å²) < 4.78 is 10.9. The number of ether oxygens (including phenoxy) is 2. The van der Waals surface area contributed by atoms with Crippen LogP contribution in [-0.2, 0) is 9.47 Å². The van der Waals surface area contributed by atoms with E-state index in [1.807, 2.05) is 13.8 Å². The van der Waals surface area contributed by atoms with Crippen LogP contribution in [0.5, 0.6) is 0 Å². The van der Waals surface area contributed by atoms with Crippen molar-refractivity contribution in [1.82, 2.24) is 5.43 Å². The van der Waals surface area contributed by atoms with Gasteiger partial charge in [0.15, 0.2) is 6.29 Å². The number of rotatable bonds is 6. The number of benzene rings is 1. The Hall–Kier alpha value is -1.43. The van der Waals surface area contributed by atoms with Crippen LogP contribution in [0.25, 0.3) is 0 Å². The molecule has 5 nitrogen and oxygen atoms in total. The fourth-order valence-corrected chi connectivity index (χ4v) is 1.42. The van der Waals surface area contributed by atoms with Crippen molar-refractivity contribution >= 4 is 5.91 Å². The number of hydrogen-bond donors (Lipinski definition) is 2. The quantitative estimate of drug-likeness (QED) is 0.340. The van der Waals surface area contributed by atoms with E-state index in [0.29, 0.717) is 18.8 Å². The summed E-state index contributed by atoms with van der Waals surface area (Å²) >= 11 is 0. The van der Waals surface area contributed by atoms with Crippen LogP contribution < -0.4 is 11.3 Å². The second-order valence-corrected chi connectivity index (χ2v) is 3.34. The van der Waals surface area contributed by atoms with E-state index in [-0.39, 0.29) is 12.2 Å². The van der Waals surface area contributed by atoms with Gasteiger partial charge in [0.25, 0.3) is 5.91 Å². The molecule has 1 aromatic rings. The van der Waals surface area contributed by atoms with Gasteiger partial charge in [-0.05, 0) is 26.0 Å². The summed E-state index contributed by atoms with van der Waals surface area (Å²) in [5, 5.41) is 0. The van der Waals surface area contributed by atoms with Crippen molar-refractivity contribution in [2.45, 2.75) is 20.1 Å². The lowest BCUT2D eigenvalue weighted by atomic mass is 10.1. The Balaban J connectivity index is 2.80. The zero-order chi connectivity index (χ0) is 12.7. The molecule has 0 saturated carbocycles. The van der Waals surface area contributed by atoms with Crippen LogP contribution in [0.1, 0.15) is 36.1 Å². The lowest BCUT2D eigenvalue weighted by Crippen LogP contribution is -2.29. The van der Waals surface area contributed by atoms with Gasteiger partial charge in [-0.15, -0.1) is 0 Å². The van der Waals surface area contributed by atoms with Crippen molar-refractivity contribution in [2.24, 2.45) is 5.84 Å². The monoisotopic (exact) mass is 238 g/mol. The van der Waals surface area contributed by atoms with Gasteiger partial charge in [0.05, 0.1) is 0 Å². The van der Waals surface area contributed by atoms with E-state index in [4.69, 9.17) is 15.3 Å². The molecular weight excluding hydrogens is 220 g/mol. The lowest BCUT2D eigenvalue weighted by molar-refractivity contribution is -0.140. The number of carbonyl (C=O) groups excluding carboxylic acids is 1. The van der Waals surface area contributed by atoms with Gasteiger partial charge in [-0.2, -0.15) is 0 Å². The highest BCUT2D eigenvalue weighted by molar-refractivity contribution is 5.93. The Morgan fingerprint density at radius 3 is 2.18 bits per heavy atom. The van der Waals surface area contributed by atoms with E-state index in [0.717, 1.165) is 5.56 Å². The number of hydrogen-bond acceptors (Lipinski definition) is 4. The smallest absolute Gasteiger partial charge is 0.265 e. The SMILES string of the molecule is CCOC(OCC)c1ccc(C(=O)NN)cc1. The summed E-state index contributed by atoms with van der Waals surface area (Å²) in [6.45, 7) is 4.94. The maximum absolute atomic E-state index is 11.2. The first-order chi connectivity index (χ1) is 8.22. The van der Waals surface area contributed by atoms with Crippen molar-refractivity contribution < 1.29 is 14.3 Å². The molecule has 1 rings (SSSR count). The number of nitrogens with two attached hydrogens (primary N) is 1. The minimum atomic E-state index is -0.389. The van der Waals surface area contributed by atoms with Gasteiger partial charge in [0.1, 0.15) is 0 Å². The minimum absolute atomic E-state index is 0.319. The van der Waals surface area contributed by atoms with Gasteiger partial charge in [0, 0.05) is 24.3 Å². The summed E-state index contributed by atoms with van der Waals surface area (Å²) in [7, 11) is 0. The molecule has 0 bridgehead atoms. The standard InChI is InChI=1S/C12H18N2O3/c1-3-16-12(17-4-2)10-7-5-9(6-8-10)11(15)14-13/h5-8,12H,3-4,13H2,1-2H3,(H,14,15). The second-order valence-electron chi connectivity index (χ2n) is 3.34. The van der Waals surface area contributed by atoms with Crippen LogP contribution in [0.3, 0.4) is 0 Å². The Morgan fingerprint density at radius 2 is 1.76 bits per heavy atom. The Morgan fingerprint density at radius 1 is 1.24 bits per heavy atom. The molecular formula is C12H18N2O3. The van der Waals surface area contributed by atoms with Crippen LogP contribution in [0, 0.1) is 0 Å². The molecule has 0 fully saturated rings. The van der Waals surface area contributed by atoms with Crippen LogP contribution in [0.4, 0.5) is 0 Å². The highest BCUT2D eigenvalue weighted by Gasteiger charge is 2.11. The molecule has 0 heterocycles. The number of carbonyl (C=O) groups is 1. The third-order valence-corrected chi connectivity index (χ3v) is 2.21. The van der Waals surface area contributed by atoms with Crippen LogP contribution in [0.2, 0.25) is 0 Å². The summed E-state index contributed by atoms with van der Waals surface area (Å²) in [5.41, 5.74) is 3.46. The molecule has 3 N–H and O–H groups in total. The summed E-state index contributed by atoms with van der Waals surface area (Å²) in [4.78, 5) is 11.2. The molecule has 0 spiro atoms. The summed E-state index contributed by atoms with van der Waals surface area (Å²) in [5.74, 6) is 4.73. The topological polar surface area (TPSA) is 73.6 Å². The zero-order valence-electron chi connectivity index (χ0n) is 10.1. The number of nitrogen functional groups attached to an aromatic ring is 1. The van der Waals surface area contributed by atoms with Crippen LogP contribution in [-0.4, -0.2) is 19.1 Å². The average Bonchev–Trinajstić information content (AvgIpc) is 2.38. The fraction of sp³-hybridized carbons (Fsp3) is 0.417. The van der Waals surface area contributed by atoms with Crippen LogP contribution in [0.15, 0.2) is 24.3 Å². The molecule has 0 aromatic heterocycles. The minimum Gasteiger partial charge on any atom is -0.349 e. The summed E-state index contributed by atoms with van der Waals surface area (Å²) in [6.07, 6.45) is -0.389. The first-order valence-corrected chi connectivity index (χ1v) is 5.57. The van der Waals surface area contributed by atoms with Crippen molar-refractivity contribution in [3.8, 4) is 0 Å². The van der Waals surface area contributed by atoms with E-state index in [1.165, 1.54) is 0 Å². The molecule has 0 aliphatic heterocycles. The van der Waals surface area contributed by atoms with Gasteiger partial charge in [-0.25, -0.2) is 5.84 Å². The molecule has 0 atom stereocenters. The van der Waals surface area contributed by atoms with E-state index in [2.05, 4.69) is 5.43 Å². The molecule has 1 amide bonds. The van der Waals surface area contributed by atoms with Gasteiger partial charge >= 0.3 is 0 Å². The van der Waals surface area contributed by atoms with Crippen molar-refractivity contribution in [3.63, 3.8) is 0 Å². The first-order valence-electron chi connectivity index (χ1n) is 5.57. The first kappa shape index (κ1) is 13.6. The molecule has 0 aliphatic carbocycles. The number of hydrazine groups is 1. The number of nitrogens with one attached hydrogen (secondary N) is 1. The van der Waals surface area contributed by atoms with Crippen molar-refractivity contribution in [3.05, 3.63) is 35.4 Å². The normalized spacial score (nSPS) is 10.6. The van der Waals surface area contributed by atoms with Gasteiger partial charge in [0.2, 0.25) is 0 Å². The Kier molecular flexibility index (Phi) is 5.62. The maximum Gasteiger partial charge on any atom is 0.265 e. The van der Waals surface area contributed by atoms with Crippen molar-refractivity contribution in [1.29, 1.82) is 0 Å². The third kappa shape index (κ3) is 3.81. The van der Waals surface area contributed by atoms with Gasteiger partial charge in [-0.1, -0.05) is 12.1 Å². The molecule has 1 aromatic carbocycles. The molecule has 17 heavy (non-hydrogen) atoms. The largest absolute Gasteiger partial charge is 0.349 e. The average molecular weight is 238 g/mol. The molecule has 0 aliphatic rings. The highest BCUT2D eigenvalue weighted by atomic mass is 16.7. The van der Waals surface area contributed by atoms with Crippen molar-refractivity contribution in [2.75, 3.05) is 13.2 Å². The lowest BCUT2D eigenvalue weighted by Gasteiger charge is -2.17. The molecule has 0 radical (unpaired) electrons. The third-order valence-electron chi connectivity index (χ3n) is 2.21. The molecule has 94 valence electrons. The maximum atomic E-state index is 11.2. The summed E-state index contributed by atoms with van der Waals surface area (Å²) in [6, 6.07) is 6.95. The van der Waals surface area contributed by atoms with Gasteiger partial charge in [-0.3, -0.25) is 10.2 Å². The fourth-order valence-electron chi connectivity index (χ4n) is 1.42. The second kappa shape index (κ2) is 7.01. The number of amides is 1. The molecule has 0 unspecified atom stereocenters. The molecule has 5 heteroatoms. The highest BCUT2D eigenvalue weighted by Crippen LogP contribution is 2.19. The Bertz CT molecular complexity index is 345. The van der Waals surface area contributed by atoms with E-state index >= 15 is 0 Å². The zero-order valence-corrected chi connectivity index (χ0v) is 10.1. The predicted octanol–water partition coefficient (Wildman–Crippen LogP) is 1.36. The van der Waals surface area contributed by atoms with Crippen LogP contribution >= 0.6 is 0 Å². The van der Waals surface area contributed by atoms with E-state index in [1.54, 1.807) is 24.3 Å².